The number of amides is 1. The van der Waals surface area contributed by atoms with Gasteiger partial charge in [-0.25, -0.2) is 13.8 Å². The molecule has 0 radical (unpaired) electrons. The molecule has 8 heteroatoms. The van der Waals surface area contributed by atoms with Crippen molar-refractivity contribution in [1.82, 2.24) is 9.88 Å². The number of benzene rings is 1. The highest BCUT2D eigenvalue weighted by Gasteiger charge is 2.20. The second-order valence-electron chi connectivity index (χ2n) is 5.78. The Morgan fingerprint density at radius 1 is 1.27 bits per heavy atom. The van der Waals surface area contributed by atoms with Crippen molar-refractivity contribution < 1.29 is 13.6 Å². The molecule has 0 aliphatic carbocycles. The zero-order valence-corrected chi connectivity index (χ0v) is 16.4. The summed E-state index contributed by atoms with van der Waals surface area (Å²) < 4.78 is 27.2. The molecule has 0 saturated heterocycles. The third kappa shape index (κ3) is 4.11. The first-order valence-electron chi connectivity index (χ1n) is 7.76. The second-order valence-corrected chi connectivity index (χ2v) is 8.35. The van der Waals surface area contributed by atoms with Crippen molar-refractivity contribution in [2.75, 3.05) is 7.05 Å². The van der Waals surface area contributed by atoms with Crippen molar-refractivity contribution in [3.05, 3.63) is 62.9 Å². The number of thiophene rings is 1. The van der Waals surface area contributed by atoms with Gasteiger partial charge in [-0.3, -0.25) is 4.79 Å². The molecule has 3 rings (SSSR count). The van der Waals surface area contributed by atoms with E-state index in [1.807, 2.05) is 17.5 Å². The van der Waals surface area contributed by atoms with Gasteiger partial charge in [-0.05, 0) is 36.8 Å². The van der Waals surface area contributed by atoms with Gasteiger partial charge in [0.25, 0.3) is 0 Å². The molecule has 136 valence electrons. The minimum absolute atomic E-state index is 0.139. The van der Waals surface area contributed by atoms with Crippen LogP contribution in [-0.4, -0.2) is 22.8 Å². The van der Waals surface area contributed by atoms with Crippen LogP contribution in [0.2, 0.25) is 4.34 Å². The van der Waals surface area contributed by atoms with Crippen LogP contribution >= 0.6 is 34.3 Å². The molecule has 0 aliphatic rings. The Balaban J connectivity index is 1.69. The van der Waals surface area contributed by atoms with E-state index >= 15 is 0 Å². The lowest BCUT2D eigenvalue weighted by Gasteiger charge is -2.25. The molecule has 1 unspecified atom stereocenters. The molecule has 2 heterocycles. The fourth-order valence-electron chi connectivity index (χ4n) is 2.42. The zero-order valence-electron chi connectivity index (χ0n) is 14.0. The molecule has 2 aromatic heterocycles. The van der Waals surface area contributed by atoms with Crippen LogP contribution in [0.3, 0.4) is 0 Å². The van der Waals surface area contributed by atoms with E-state index in [9.17, 15) is 13.6 Å². The zero-order chi connectivity index (χ0) is 18.8. The molecule has 0 spiro atoms. The number of hydrogen-bond donors (Lipinski definition) is 0. The van der Waals surface area contributed by atoms with Gasteiger partial charge < -0.3 is 4.90 Å². The summed E-state index contributed by atoms with van der Waals surface area (Å²) in [5, 5.41) is 2.66. The maximum Gasteiger partial charge on any atom is 0.228 e. The lowest BCUT2D eigenvalue weighted by molar-refractivity contribution is -0.131. The molecule has 0 N–H and O–H groups in total. The number of thiazole rings is 1. The Hall–Kier alpha value is -1.83. The molecule has 0 saturated carbocycles. The fraction of sp³-hybridized carbons (Fsp3) is 0.222. The van der Waals surface area contributed by atoms with Gasteiger partial charge in [-0.1, -0.05) is 17.7 Å². The molecule has 1 aromatic carbocycles. The standard InChI is InChI=1S/C18H15ClF2N2OS2/c1-10(11-3-4-13(20)14(21)7-11)23(2)17(24)8-12-9-25-18(22-12)15-5-6-16(19)26-15/h3-7,9-10H,8H2,1-2H3. The first kappa shape index (κ1) is 18.9. The number of likely N-dealkylation sites (N-methyl/N-ethyl adjacent to an activating group) is 1. The second kappa shape index (κ2) is 7.82. The summed E-state index contributed by atoms with van der Waals surface area (Å²) in [6.45, 7) is 1.77. The summed E-state index contributed by atoms with van der Waals surface area (Å²) in [5.74, 6) is -1.98. The van der Waals surface area contributed by atoms with Crippen LogP contribution in [0.5, 0.6) is 0 Å². The van der Waals surface area contributed by atoms with Crippen molar-refractivity contribution in [2.24, 2.45) is 0 Å². The number of rotatable bonds is 5. The van der Waals surface area contributed by atoms with Crippen LogP contribution in [-0.2, 0) is 11.2 Å². The Morgan fingerprint density at radius 3 is 2.69 bits per heavy atom. The largest absolute Gasteiger partial charge is 0.339 e. The Bertz CT molecular complexity index is 941. The lowest BCUT2D eigenvalue weighted by Crippen LogP contribution is -2.31. The molecule has 0 fully saturated rings. The van der Waals surface area contributed by atoms with Gasteiger partial charge in [0.05, 0.1) is 27.4 Å². The number of nitrogens with zero attached hydrogens (tertiary/aromatic N) is 2. The number of hydrogen-bond acceptors (Lipinski definition) is 4. The van der Waals surface area contributed by atoms with Crippen LogP contribution in [0, 0.1) is 11.6 Å². The molecule has 3 nitrogen and oxygen atoms in total. The number of carbonyl (C=O) groups is 1. The average molecular weight is 413 g/mol. The van der Waals surface area contributed by atoms with Crippen LogP contribution in [0.25, 0.3) is 9.88 Å². The van der Waals surface area contributed by atoms with Gasteiger partial charge in [0.15, 0.2) is 11.6 Å². The maximum atomic E-state index is 13.4. The summed E-state index contributed by atoms with van der Waals surface area (Å²) in [6.07, 6.45) is 0.139. The summed E-state index contributed by atoms with van der Waals surface area (Å²) in [7, 11) is 1.64. The molecule has 1 amide bonds. The first-order valence-corrected chi connectivity index (χ1v) is 9.83. The van der Waals surface area contributed by atoms with Crippen molar-refractivity contribution >= 4 is 40.2 Å². The third-order valence-electron chi connectivity index (χ3n) is 4.07. The monoisotopic (exact) mass is 412 g/mol. The van der Waals surface area contributed by atoms with Gasteiger partial charge in [0, 0.05) is 12.4 Å². The fourth-order valence-corrected chi connectivity index (χ4v) is 4.36. The predicted octanol–water partition coefficient (Wildman–Crippen LogP) is 5.57. The smallest absolute Gasteiger partial charge is 0.228 e. The minimum atomic E-state index is -0.922. The summed E-state index contributed by atoms with van der Waals surface area (Å²) in [5.41, 5.74) is 1.20. The van der Waals surface area contributed by atoms with Crippen LogP contribution in [0.4, 0.5) is 8.78 Å². The molecular weight excluding hydrogens is 398 g/mol. The van der Waals surface area contributed by atoms with E-state index in [-0.39, 0.29) is 18.4 Å². The van der Waals surface area contributed by atoms with E-state index in [0.29, 0.717) is 15.6 Å². The first-order chi connectivity index (χ1) is 12.3. The van der Waals surface area contributed by atoms with Crippen LogP contribution in [0.15, 0.2) is 35.7 Å². The van der Waals surface area contributed by atoms with Gasteiger partial charge in [-0.2, -0.15) is 0 Å². The van der Waals surface area contributed by atoms with Crippen LogP contribution < -0.4 is 0 Å². The highest BCUT2D eigenvalue weighted by molar-refractivity contribution is 7.23. The maximum absolute atomic E-state index is 13.4. The Labute approximate surface area is 162 Å². The summed E-state index contributed by atoms with van der Waals surface area (Å²) >= 11 is 8.83. The topological polar surface area (TPSA) is 33.2 Å². The van der Waals surface area contributed by atoms with E-state index in [1.54, 1.807) is 14.0 Å². The number of halogens is 3. The summed E-state index contributed by atoms with van der Waals surface area (Å²) in [6, 6.07) is 6.99. The molecular formula is C18H15ClF2N2OS2. The Kier molecular flexibility index (Phi) is 5.70. The van der Waals surface area contributed by atoms with Crippen molar-refractivity contribution in [1.29, 1.82) is 0 Å². The number of aromatic nitrogens is 1. The number of carbonyl (C=O) groups excluding carboxylic acids is 1. The Morgan fingerprint density at radius 2 is 2.04 bits per heavy atom. The summed E-state index contributed by atoms with van der Waals surface area (Å²) in [4.78, 5) is 19.5. The van der Waals surface area contributed by atoms with Crippen molar-refractivity contribution in [2.45, 2.75) is 19.4 Å². The van der Waals surface area contributed by atoms with Gasteiger partial charge in [-0.15, -0.1) is 22.7 Å². The lowest BCUT2D eigenvalue weighted by atomic mass is 10.1. The average Bonchev–Trinajstić information content (AvgIpc) is 3.24. The van der Waals surface area contributed by atoms with E-state index in [4.69, 9.17) is 11.6 Å². The van der Waals surface area contributed by atoms with Crippen molar-refractivity contribution in [3.8, 4) is 9.88 Å². The molecule has 3 aromatic rings. The quantitative estimate of drug-likeness (QED) is 0.549. The molecule has 26 heavy (non-hydrogen) atoms. The van der Waals surface area contributed by atoms with E-state index in [1.165, 1.54) is 33.6 Å². The minimum Gasteiger partial charge on any atom is -0.339 e. The molecule has 0 aliphatic heterocycles. The predicted molar refractivity (Wildman–Crippen MR) is 102 cm³/mol. The van der Waals surface area contributed by atoms with E-state index in [0.717, 1.165) is 22.0 Å². The van der Waals surface area contributed by atoms with Gasteiger partial charge >= 0.3 is 0 Å². The third-order valence-corrected chi connectivity index (χ3v) is 6.36. The van der Waals surface area contributed by atoms with Crippen LogP contribution in [0.1, 0.15) is 24.2 Å². The van der Waals surface area contributed by atoms with E-state index in [2.05, 4.69) is 4.98 Å². The molecule has 1 atom stereocenters. The normalized spacial score (nSPS) is 12.2. The molecule has 0 bridgehead atoms. The van der Waals surface area contributed by atoms with Gasteiger partial charge in [0.1, 0.15) is 5.01 Å². The highest BCUT2D eigenvalue weighted by atomic mass is 35.5. The van der Waals surface area contributed by atoms with Crippen molar-refractivity contribution in [3.63, 3.8) is 0 Å². The van der Waals surface area contributed by atoms with E-state index < -0.39 is 11.6 Å². The highest BCUT2D eigenvalue weighted by Crippen LogP contribution is 2.33. The van der Waals surface area contributed by atoms with Gasteiger partial charge in [0.2, 0.25) is 5.91 Å². The SMILES string of the molecule is CC(c1ccc(F)c(F)c1)N(C)C(=O)Cc1csc(-c2ccc(Cl)s2)n1.